The number of likely N-dealkylation sites (N-methyl/N-ethyl adjacent to an activating group) is 2. The van der Waals surface area contributed by atoms with E-state index in [1.54, 1.807) is 21.0 Å². The summed E-state index contributed by atoms with van der Waals surface area (Å²) in [5.74, 6) is -1.19. The van der Waals surface area contributed by atoms with Crippen molar-refractivity contribution in [2.24, 2.45) is 0 Å². The van der Waals surface area contributed by atoms with E-state index in [4.69, 9.17) is 0 Å². The van der Waals surface area contributed by atoms with Crippen LogP contribution in [0.1, 0.15) is 16.2 Å². The van der Waals surface area contributed by atoms with Crippen molar-refractivity contribution in [3.05, 3.63) is 23.8 Å². The van der Waals surface area contributed by atoms with E-state index < -0.39 is 12.1 Å². The van der Waals surface area contributed by atoms with Gasteiger partial charge in [-0.1, -0.05) is 0 Å². The minimum atomic E-state index is -0.923. The number of esters is 1. The summed E-state index contributed by atoms with van der Waals surface area (Å²) in [7, 11) is 4.49. The second kappa shape index (κ2) is 6.60. The highest BCUT2D eigenvalue weighted by Crippen LogP contribution is 2.00. The highest BCUT2D eigenvalue weighted by Gasteiger charge is 2.20. The van der Waals surface area contributed by atoms with E-state index in [0.717, 1.165) is 4.90 Å². The van der Waals surface area contributed by atoms with E-state index in [2.05, 4.69) is 14.7 Å². The van der Waals surface area contributed by atoms with E-state index in [0.29, 0.717) is 5.69 Å². The van der Waals surface area contributed by atoms with Crippen LogP contribution >= 0.6 is 0 Å². The van der Waals surface area contributed by atoms with Crippen LogP contribution in [0.15, 0.2) is 12.4 Å². The van der Waals surface area contributed by atoms with Crippen LogP contribution < -0.4 is 0 Å². The first kappa shape index (κ1) is 15.5. The van der Waals surface area contributed by atoms with Gasteiger partial charge in [-0.3, -0.25) is 9.78 Å². The third kappa shape index (κ3) is 4.30. The van der Waals surface area contributed by atoms with E-state index in [-0.39, 0.29) is 18.1 Å². The Hall–Kier alpha value is -2.51. The van der Waals surface area contributed by atoms with Crippen molar-refractivity contribution >= 4 is 18.0 Å². The number of nitrogens with zero attached hydrogens (tertiary/aromatic N) is 4. The second-order valence-electron chi connectivity index (χ2n) is 4.35. The molecule has 0 saturated carbocycles. The molecule has 1 aromatic heterocycles. The lowest BCUT2D eigenvalue weighted by molar-refractivity contribution is -0.129. The first-order chi connectivity index (χ1) is 9.31. The molecule has 0 aliphatic heterocycles. The molecule has 0 aliphatic rings. The van der Waals surface area contributed by atoms with Gasteiger partial charge in [0.05, 0.1) is 11.9 Å². The molecule has 108 valence electrons. The highest BCUT2D eigenvalue weighted by atomic mass is 16.6. The number of ether oxygens (including phenoxy) is 1. The fourth-order valence-electron chi connectivity index (χ4n) is 1.18. The van der Waals surface area contributed by atoms with Gasteiger partial charge in [0.25, 0.3) is 0 Å². The molecule has 0 aliphatic carbocycles. The number of aromatic nitrogens is 2. The number of hydrogen-bond donors (Lipinski definition) is 0. The molecule has 0 unspecified atom stereocenters. The molecule has 2 amide bonds. The van der Waals surface area contributed by atoms with Crippen LogP contribution in [-0.4, -0.2) is 65.4 Å². The number of amides is 2. The Morgan fingerprint density at radius 1 is 1.20 bits per heavy atom. The van der Waals surface area contributed by atoms with Crippen molar-refractivity contribution < 1.29 is 19.1 Å². The molecule has 0 spiro atoms. The smallest absolute Gasteiger partial charge is 0.371 e. The molecule has 1 rings (SSSR count). The maximum absolute atomic E-state index is 11.7. The second-order valence-corrected chi connectivity index (χ2v) is 4.35. The van der Waals surface area contributed by atoms with E-state index in [9.17, 15) is 14.4 Å². The quantitative estimate of drug-likeness (QED) is 0.575. The van der Waals surface area contributed by atoms with E-state index >= 15 is 0 Å². The normalized spacial score (nSPS) is 9.80. The minimum absolute atomic E-state index is 0.0642. The van der Waals surface area contributed by atoms with Crippen molar-refractivity contribution in [2.45, 2.75) is 6.92 Å². The van der Waals surface area contributed by atoms with Gasteiger partial charge in [-0.2, -0.15) is 0 Å². The highest BCUT2D eigenvalue weighted by molar-refractivity contribution is 5.95. The zero-order valence-corrected chi connectivity index (χ0v) is 11.8. The van der Waals surface area contributed by atoms with Crippen molar-refractivity contribution in [3.63, 3.8) is 0 Å². The summed E-state index contributed by atoms with van der Waals surface area (Å²) < 4.78 is 4.61. The molecule has 0 fully saturated rings. The topological polar surface area (TPSA) is 92.7 Å². The first-order valence-corrected chi connectivity index (χ1v) is 5.77. The number of carbonyl (C=O) groups is 3. The average Bonchev–Trinajstić information content (AvgIpc) is 2.38. The maximum atomic E-state index is 11.7. The molecule has 0 bridgehead atoms. The van der Waals surface area contributed by atoms with Crippen LogP contribution in [0.25, 0.3) is 0 Å². The SMILES string of the molecule is Cc1cncc(C(=O)OC(=O)N(C)CC(=O)N(C)C)n1. The van der Waals surface area contributed by atoms with Crippen LogP contribution in [-0.2, 0) is 9.53 Å². The van der Waals surface area contributed by atoms with Gasteiger partial charge >= 0.3 is 12.1 Å². The zero-order valence-electron chi connectivity index (χ0n) is 11.8. The summed E-state index contributed by atoms with van der Waals surface area (Å²) in [6, 6.07) is 0. The van der Waals surface area contributed by atoms with Crippen molar-refractivity contribution in [1.29, 1.82) is 0 Å². The van der Waals surface area contributed by atoms with Crippen LogP contribution in [0.4, 0.5) is 4.79 Å². The number of carbonyl (C=O) groups excluding carboxylic acids is 3. The molecule has 0 saturated heterocycles. The molecular formula is C12H16N4O4. The summed E-state index contributed by atoms with van der Waals surface area (Å²) in [6.07, 6.45) is 1.75. The van der Waals surface area contributed by atoms with Crippen LogP contribution in [0.3, 0.4) is 0 Å². The molecule has 0 aromatic carbocycles. The number of hydrogen-bond acceptors (Lipinski definition) is 6. The van der Waals surface area contributed by atoms with Gasteiger partial charge < -0.3 is 14.5 Å². The van der Waals surface area contributed by atoms with Gasteiger partial charge in [-0.05, 0) is 6.92 Å². The Morgan fingerprint density at radius 2 is 1.85 bits per heavy atom. The van der Waals surface area contributed by atoms with Crippen molar-refractivity contribution in [3.8, 4) is 0 Å². The van der Waals surface area contributed by atoms with Gasteiger partial charge in [0, 0.05) is 27.3 Å². The van der Waals surface area contributed by atoms with Gasteiger partial charge in [-0.15, -0.1) is 0 Å². The lowest BCUT2D eigenvalue weighted by Crippen LogP contribution is -2.38. The molecule has 0 radical (unpaired) electrons. The maximum Gasteiger partial charge on any atom is 0.418 e. The average molecular weight is 280 g/mol. The Balaban J connectivity index is 2.62. The predicted molar refractivity (Wildman–Crippen MR) is 68.9 cm³/mol. The monoisotopic (exact) mass is 280 g/mol. The Labute approximate surface area is 116 Å². The molecule has 1 aromatic rings. The van der Waals surface area contributed by atoms with Gasteiger partial charge in [0.15, 0.2) is 5.69 Å². The fraction of sp³-hybridized carbons (Fsp3) is 0.417. The largest absolute Gasteiger partial charge is 0.418 e. The van der Waals surface area contributed by atoms with Crippen molar-refractivity contribution in [1.82, 2.24) is 19.8 Å². The zero-order chi connectivity index (χ0) is 15.3. The van der Waals surface area contributed by atoms with E-state index in [1.165, 1.54) is 24.3 Å². The molecule has 8 nitrogen and oxygen atoms in total. The van der Waals surface area contributed by atoms with Gasteiger partial charge in [0.1, 0.15) is 6.54 Å². The standard InChI is InChI=1S/C12H16N4O4/c1-8-5-13-6-9(14-8)11(18)20-12(19)16(4)7-10(17)15(2)3/h5-6H,7H2,1-4H3. The third-order valence-corrected chi connectivity index (χ3v) is 2.33. The van der Waals surface area contributed by atoms with Crippen LogP contribution in [0.2, 0.25) is 0 Å². The molecule has 0 N–H and O–H groups in total. The Bertz CT molecular complexity index is 530. The van der Waals surface area contributed by atoms with Crippen LogP contribution in [0, 0.1) is 6.92 Å². The number of aryl methyl sites for hydroxylation is 1. The Morgan fingerprint density at radius 3 is 2.40 bits per heavy atom. The lowest BCUT2D eigenvalue weighted by Gasteiger charge is -2.18. The van der Waals surface area contributed by atoms with E-state index in [1.807, 2.05) is 0 Å². The first-order valence-electron chi connectivity index (χ1n) is 5.77. The summed E-state index contributed by atoms with van der Waals surface area (Å²) in [5, 5.41) is 0. The molecule has 20 heavy (non-hydrogen) atoms. The van der Waals surface area contributed by atoms with Gasteiger partial charge in [-0.25, -0.2) is 14.6 Å². The molecule has 0 atom stereocenters. The van der Waals surface area contributed by atoms with Crippen molar-refractivity contribution in [2.75, 3.05) is 27.7 Å². The summed E-state index contributed by atoms with van der Waals surface area (Å²) >= 11 is 0. The minimum Gasteiger partial charge on any atom is -0.371 e. The predicted octanol–water partition coefficient (Wildman–Crippen LogP) is 0.0818. The summed E-state index contributed by atoms with van der Waals surface area (Å²) in [6.45, 7) is 1.48. The van der Waals surface area contributed by atoms with Crippen LogP contribution in [0.5, 0.6) is 0 Å². The van der Waals surface area contributed by atoms with Gasteiger partial charge in [0.2, 0.25) is 5.91 Å². The summed E-state index contributed by atoms with van der Waals surface area (Å²) in [5.41, 5.74) is 0.466. The fourth-order valence-corrected chi connectivity index (χ4v) is 1.18. The molecule has 8 heteroatoms. The third-order valence-electron chi connectivity index (χ3n) is 2.33. The number of rotatable bonds is 3. The summed E-state index contributed by atoms with van der Waals surface area (Å²) in [4.78, 5) is 44.7. The lowest BCUT2D eigenvalue weighted by atomic mass is 10.4. The molecular weight excluding hydrogens is 264 g/mol. The Kier molecular flexibility index (Phi) is 5.13. The molecule has 1 heterocycles.